The van der Waals surface area contributed by atoms with E-state index in [-0.39, 0.29) is 6.54 Å². The van der Waals surface area contributed by atoms with Gasteiger partial charge in [0.15, 0.2) is 0 Å². The fraction of sp³-hybridized carbons (Fsp3) is 0.231. The highest BCUT2D eigenvalue weighted by Gasteiger charge is 2.22. The molecule has 1 aromatic heterocycles. The molecule has 0 saturated carbocycles. The maximum atomic E-state index is 13.5. The molecule has 5 nitrogen and oxygen atoms in total. The summed E-state index contributed by atoms with van der Waals surface area (Å²) in [6.45, 7) is -0.178. The molecule has 8 heteroatoms. The third kappa shape index (κ3) is 3.66. The Morgan fingerprint density at radius 1 is 1.33 bits per heavy atom. The van der Waals surface area contributed by atoms with E-state index in [2.05, 4.69) is 4.72 Å². The average Bonchev–Trinajstić information content (AvgIpc) is 2.96. The van der Waals surface area contributed by atoms with Crippen LogP contribution in [-0.4, -0.2) is 22.1 Å². The van der Waals surface area contributed by atoms with Gasteiger partial charge in [0.05, 0.1) is 6.26 Å². The summed E-state index contributed by atoms with van der Waals surface area (Å²) in [7, 11) is -2.82. The molecule has 0 saturated heterocycles. The number of hydrogen-bond donors (Lipinski definition) is 1. The molecule has 1 atom stereocenters. The SMILES string of the molecule is COC(CNS(=O)(=O)c1cc(F)ccc1F)c1ccco1. The highest BCUT2D eigenvalue weighted by atomic mass is 32.2. The lowest BCUT2D eigenvalue weighted by atomic mass is 10.3. The zero-order valence-electron chi connectivity index (χ0n) is 11.0. The second kappa shape index (κ2) is 6.33. The first-order chi connectivity index (χ1) is 9.94. The lowest BCUT2D eigenvalue weighted by Crippen LogP contribution is -2.29. The third-order valence-corrected chi connectivity index (χ3v) is 4.23. The molecule has 0 spiro atoms. The second-order valence-electron chi connectivity index (χ2n) is 4.17. The van der Waals surface area contributed by atoms with Crippen LogP contribution < -0.4 is 4.72 Å². The van der Waals surface area contributed by atoms with Crippen molar-refractivity contribution >= 4 is 10.0 Å². The van der Waals surface area contributed by atoms with Crippen LogP contribution in [0.4, 0.5) is 8.78 Å². The van der Waals surface area contributed by atoms with Crippen molar-refractivity contribution < 1.29 is 26.4 Å². The van der Waals surface area contributed by atoms with Crippen LogP contribution in [0.2, 0.25) is 0 Å². The third-order valence-electron chi connectivity index (χ3n) is 2.79. The molecular formula is C13H13F2NO4S. The Hall–Kier alpha value is -1.77. The van der Waals surface area contributed by atoms with Crippen LogP contribution in [-0.2, 0) is 14.8 Å². The van der Waals surface area contributed by atoms with Gasteiger partial charge in [-0.2, -0.15) is 0 Å². The highest BCUT2D eigenvalue weighted by molar-refractivity contribution is 7.89. The molecule has 0 aliphatic rings. The van der Waals surface area contributed by atoms with Gasteiger partial charge in [-0.3, -0.25) is 0 Å². The molecule has 0 amide bonds. The van der Waals surface area contributed by atoms with E-state index in [1.807, 2.05) is 0 Å². The molecule has 1 N–H and O–H groups in total. The van der Waals surface area contributed by atoms with E-state index in [1.165, 1.54) is 13.4 Å². The van der Waals surface area contributed by atoms with Gasteiger partial charge >= 0.3 is 0 Å². The van der Waals surface area contributed by atoms with Gasteiger partial charge in [0.2, 0.25) is 10.0 Å². The van der Waals surface area contributed by atoms with Crippen LogP contribution in [0.3, 0.4) is 0 Å². The number of hydrogen-bond acceptors (Lipinski definition) is 4. The highest BCUT2D eigenvalue weighted by Crippen LogP contribution is 2.19. The first-order valence-electron chi connectivity index (χ1n) is 5.95. The lowest BCUT2D eigenvalue weighted by molar-refractivity contribution is 0.0878. The molecule has 1 heterocycles. The summed E-state index contributed by atoms with van der Waals surface area (Å²) in [5.74, 6) is -1.46. The van der Waals surface area contributed by atoms with Gasteiger partial charge < -0.3 is 9.15 Å². The minimum atomic E-state index is -4.20. The largest absolute Gasteiger partial charge is 0.467 e. The van der Waals surface area contributed by atoms with Crippen molar-refractivity contribution in [3.05, 3.63) is 54.0 Å². The standard InChI is InChI=1S/C13H13F2NO4S/c1-19-12(11-3-2-6-20-11)8-16-21(17,18)13-7-9(14)4-5-10(13)15/h2-7,12,16H,8H2,1H3. The van der Waals surface area contributed by atoms with Gasteiger partial charge in [0.1, 0.15) is 28.4 Å². The molecule has 0 aliphatic heterocycles. The first kappa shape index (κ1) is 15.6. The number of sulfonamides is 1. The van der Waals surface area contributed by atoms with E-state index in [1.54, 1.807) is 12.1 Å². The van der Waals surface area contributed by atoms with Crippen molar-refractivity contribution in [2.75, 3.05) is 13.7 Å². The minimum absolute atomic E-state index is 0.178. The van der Waals surface area contributed by atoms with Crippen molar-refractivity contribution in [3.8, 4) is 0 Å². The first-order valence-corrected chi connectivity index (χ1v) is 7.43. The van der Waals surface area contributed by atoms with Crippen molar-refractivity contribution in [1.29, 1.82) is 0 Å². The van der Waals surface area contributed by atoms with E-state index in [0.717, 1.165) is 12.1 Å². The second-order valence-corrected chi connectivity index (χ2v) is 5.90. The Labute approximate surface area is 120 Å². The van der Waals surface area contributed by atoms with Gasteiger partial charge in [-0.1, -0.05) is 0 Å². The van der Waals surface area contributed by atoms with Crippen molar-refractivity contribution in [3.63, 3.8) is 0 Å². The summed E-state index contributed by atoms with van der Waals surface area (Å²) in [6.07, 6.45) is 0.744. The van der Waals surface area contributed by atoms with Gasteiger partial charge in [-0.25, -0.2) is 21.9 Å². The Bertz CT molecular complexity index is 701. The Morgan fingerprint density at radius 3 is 2.71 bits per heavy atom. The predicted molar refractivity (Wildman–Crippen MR) is 70.0 cm³/mol. The predicted octanol–water partition coefficient (Wildman–Crippen LogP) is 2.22. The maximum Gasteiger partial charge on any atom is 0.243 e. The van der Waals surface area contributed by atoms with Crippen LogP contribution in [0.25, 0.3) is 0 Å². The molecule has 0 fully saturated rings. The molecule has 114 valence electrons. The fourth-order valence-corrected chi connectivity index (χ4v) is 2.84. The number of nitrogens with one attached hydrogen (secondary N) is 1. The summed E-state index contributed by atoms with van der Waals surface area (Å²) in [5.41, 5.74) is 0. The molecular weight excluding hydrogens is 304 g/mol. The number of rotatable bonds is 6. The number of furan rings is 1. The molecule has 2 aromatic rings. The van der Waals surface area contributed by atoms with Crippen LogP contribution in [0.15, 0.2) is 45.9 Å². The van der Waals surface area contributed by atoms with E-state index < -0.39 is 32.7 Å². The van der Waals surface area contributed by atoms with Gasteiger partial charge in [-0.15, -0.1) is 0 Å². The summed E-state index contributed by atoms with van der Waals surface area (Å²) >= 11 is 0. The summed E-state index contributed by atoms with van der Waals surface area (Å²) < 4.78 is 62.9. The van der Waals surface area contributed by atoms with Crippen LogP contribution in [0, 0.1) is 11.6 Å². The fourth-order valence-electron chi connectivity index (χ4n) is 1.72. The zero-order chi connectivity index (χ0) is 15.5. The zero-order valence-corrected chi connectivity index (χ0v) is 11.9. The van der Waals surface area contributed by atoms with Gasteiger partial charge in [0, 0.05) is 13.7 Å². The summed E-state index contributed by atoms with van der Waals surface area (Å²) in [6, 6.07) is 5.46. The average molecular weight is 317 g/mol. The van der Waals surface area contributed by atoms with Crippen LogP contribution in [0.5, 0.6) is 0 Å². The Morgan fingerprint density at radius 2 is 2.10 bits per heavy atom. The molecule has 21 heavy (non-hydrogen) atoms. The van der Waals surface area contributed by atoms with Gasteiger partial charge in [0.25, 0.3) is 0 Å². The van der Waals surface area contributed by atoms with Crippen molar-refractivity contribution in [2.45, 2.75) is 11.0 Å². The van der Waals surface area contributed by atoms with E-state index in [4.69, 9.17) is 9.15 Å². The van der Waals surface area contributed by atoms with E-state index >= 15 is 0 Å². The molecule has 0 bridgehead atoms. The van der Waals surface area contributed by atoms with Gasteiger partial charge in [-0.05, 0) is 30.3 Å². The van der Waals surface area contributed by atoms with E-state index in [0.29, 0.717) is 11.8 Å². The van der Waals surface area contributed by atoms with Crippen LogP contribution >= 0.6 is 0 Å². The maximum absolute atomic E-state index is 13.5. The number of benzene rings is 1. The molecule has 2 rings (SSSR count). The smallest absolute Gasteiger partial charge is 0.243 e. The molecule has 0 aliphatic carbocycles. The molecule has 0 radical (unpaired) electrons. The monoisotopic (exact) mass is 317 g/mol. The Balaban J connectivity index is 2.16. The normalized spacial score (nSPS) is 13.3. The number of halogens is 2. The number of ether oxygens (including phenoxy) is 1. The number of methoxy groups -OCH3 is 1. The van der Waals surface area contributed by atoms with Crippen molar-refractivity contribution in [1.82, 2.24) is 4.72 Å². The summed E-state index contributed by atoms with van der Waals surface area (Å²) in [4.78, 5) is -0.753. The Kier molecular flexibility index (Phi) is 4.71. The van der Waals surface area contributed by atoms with Crippen LogP contribution in [0.1, 0.15) is 11.9 Å². The topological polar surface area (TPSA) is 68.5 Å². The minimum Gasteiger partial charge on any atom is -0.467 e. The van der Waals surface area contributed by atoms with Crippen molar-refractivity contribution in [2.24, 2.45) is 0 Å². The van der Waals surface area contributed by atoms with E-state index in [9.17, 15) is 17.2 Å². The lowest BCUT2D eigenvalue weighted by Gasteiger charge is -2.14. The quantitative estimate of drug-likeness (QED) is 0.887. The molecule has 1 unspecified atom stereocenters. The summed E-state index contributed by atoms with van der Waals surface area (Å²) in [5, 5.41) is 0. The molecule has 1 aromatic carbocycles.